The molecule has 3 fully saturated rings. The second kappa shape index (κ2) is 8.35. The van der Waals surface area contributed by atoms with Gasteiger partial charge in [0.2, 0.25) is 5.91 Å². The zero-order valence-corrected chi connectivity index (χ0v) is 15.7. The van der Waals surface area contributed by atoms with Crippen LogP contribution in [-0.2, 0) is 9.53 Å². The van der Waals surface area contributed by atoms with Gasteiger partial charge in [0.25, 0.3) is 5.91 Å². The Morgan fingerprint density at radius 2 is 1.74 bits per heavy atom. The number of carbonyl (C=O) groups excluding carboxylic acids is 2. The highest BCUT2D eigenvalue weighted by Crippen LogP contribution is 2.22. The van der Waals surface area contributed by atoms with Crippen LogP contribution in [0.25, 0.3) is 0 Å². The van der Waals surface area contributed by atoms with E-state index in [-0.39, 0.29) is 23.8 Å². The van der Waals surface area contributed by atoms with E-state index in [1.165, 1.54) is 12.8 Å². The van der Waals surface area contributed by atoms with Gasteiger partial charge in [-0.25, -0.2) is 0 Å². The first kappa shape index (κ1) is 18.4. The number of hydrogen-bond acceptors (Lipinski definition) is 5. The van der Waals surface area contributed by atoms with Gasteiger partial charge in [0.1, 0.15) is 0 Å². The lowest BCUT2D eigenvalue weighted by atomic mass is 9.94. The van der Waals surface area contributed by atoms with Crippen LogP contribution >= 0.6 is 0 Å². The molecule has 4 rings (SSSR count). The molecule has 27 heavy (non-hydrogen) atoms. The minimum Gasteiger partial charge on any atom is -0.378 e. The third-order valence-electron chi connectivity index (χ3n) is 6.07. The number of piperidine rings is 1. The number of aromatic nitrogens is 1. The topological polar surface area (TPSA) is 74.8 Å². The zero-order chi connectivity index (χ0) is 18.6. The van der Waals surface area contributed by atoms with E-state index in [1.807, 2.05) is 4.90 Å². The van der Waals surface area contributed by atoms with Crippen LogP contribution in [0.4, 0.5) is 0 Å². The van der Waals surface area contributed by atoms with E-state index < -0.39 is 0 Å². The third-order valence-corrected chi connectivity index (χ3v) is 6.07. The highest BCUT2D eigenvalue weighted by Gasteiger charge is 2.37. The summed E-state index contributed by atoms with van der Waals surface area (Å²) in [6, 6.07) is 3.87. The molecule has 0 aromatic carbocycles. The van der Waals surface area contributed by atoms with Gasteiger partial charge in [0.15, 0.2) is 0 Å². The molecule has 1 aromatic heterocycles. The molecule has 0 aliphatic carbocycles. The summed E-state index contributed by atoms with van der Waals surface area (Å²) in [5.74, 6) is 0.117. The Morgan fingerprint density at radius 3 is 2.44 bits per heavy atom. The van der Waals surface area contributed by atoms with Crippen molar-refractivity contribution < 1.29 is 14.3 Å². The first-order chi connectivity index (χ1) is 13.2. The Balaban J connectivity index is 1.28. The molecule has 0 bridgehead atoms. The van der Waals surface area contributed by atoms with Gasteiger partial charge < -0.3 is 15.0 Å². The average molecular weight is 372 g/mol. The maximum Gasteiger partial charge on any atom is 0.253 e. The van der Waals surface area contributed by atoms with Crippen LogP contribution in [0.2, 0.25) is 0 Å². The number of carbonyl (C=O) groups is 2. The lowest BCUT2D eigenvalue weighted by Gasteiger charge is -2.33. The first-order valence-electron chi connectivity index (χ1n) is 10.0. The highest BCUT2D eigenvalue weighted by molar-refractivity contribution is 5.94. The number of pyridine rings is 1. The van der Waals surface area contributed by atoms with Crippen molar-refractivity contribution >= 4 is 11.8 Å². The number of ether oxygens (including phenoxy) is 1. The number of nitrogens with zero attached hydrogens (tertiary/aromatic N) is 3. The Hall–Kier alpha value is -1.99. The maximum absolute atomic E-state index is 12.8. The molecule has 2 amide bonds. The summed E-state index contributed by atoms with van der Waals surface area (Å²) in [7, 11) is 0. The summed E-state index contributed by atoms with van der Waals surface area (Å²) in [6.07, 6.45) is 7.17. The number of likely N-dealkylation sites (tertiary alicyclic amines) is 2. The molecule has 4 heterocycles. The SMILES string of the molecule is O=C(NC1COCC1N1CCCC1)C1CCN(C(=O)c2ccncc2)CC1. The Kier molecular flexibility index (Phi) is 5.69. The van der Waals surface area contributed by atoms with Gasteiger partial charge in [0.05, 0.1) is 25.3 Å². The predicted octanol–water partition coefficient (Wildman–Crippen LogP) is 0.913. The van der Waals surface area contributed by atoms with E-state index in [4.69, 9.17) is 4.74 Å². The molecule has 2 unspecified atom stereocenters. The molecule has 7 nitrogen and oxygen atoms in total. The molecule has 3 aliphatic rings. The van der Waals surface area contributed by atoms with Crippen molar-refractivity contribution in [3.8, 4) is 0 Å². The molecule has 3 saturated heterocycles. The second-order valence-electron chi connectivity index (χ2n) is 7.77. The van der Waals surface area contributed by atoms with Crippen LogP contribution in [0.1, 0.15) is 36.0 Å². The molecule has 1 aromatic rings. The molecular weight excluding hydrogens is 344 g/mol. The Bertz CT molecular complexity index is 654. The van der Waals surface area contributed by atoms with Crippen molar-refractivity contribution in [2.75, 3.05) is 39.4 Å². The summed E-state index contributed by atoms with van der Waals surface area (Å²) < 4.78 is 5.65. The van der Waals surface area contributed by atoms with Crippen LogP contribution in [0.15, 0.2) is 24.5 Å². The first-order valence-corrected chi connectivity index (χ1v) is 10.0. The fraction of sp³-hybridized carbons (Fsp3) is 0.650. The Morgan fingerprint density at radius 1 is 1.04 bits per heavy atom. The number of nitrogens with one attached hydrogen (secondary N) is 1. The summed E-state index contributed by atoms with van der Waals surface area (Å²) in [6.45, 7) is 4.77. The monoisotopic (exact) mass is 372 g/mol. The van der Waals surface area contributed by atoms with E-state index in [1.54, 1.807) is 24.5 Å². The predicted molar refractivity (Wildman–Crippen MR) is 100 cm³/mol. The fourth-order valence-electron chi connectivity index (χ4n) is 4.44. The Labute approximate surface area is 160 Å². The van der Waals surface area contributed by atoms with Gasteiger partial charge in [-0.05, 0) is 50.9 Å². The summed E-state index contributed by atoms with van der Waals surface area (Å²) >= 11 is 0. The lowest BCUT2D eigenvalue weighted by molar-refractivity contribution is -0.127. The minimum absolute atomic E-state index is 0.0219. The fourth-order valence-corrected chi connectivity index (χ4v) is 4.44. The van der Waals surface area contributed by atoms with E-state index in [9.17, 15) is 9.59 Å². The molecule has 0 radical (unpaired) electrons. The van der Waals surface area contributed by atoms with Gasteiger partial charge in [-0.15, -0.1) is 0 Å². The number of amides is 2. The smallest absolute Gasteiger partial charge is 0.253 e. The molecule has 0 spiro atoms. The quantitative estimate of drug-likeness (QED) is 0.851. The highest BCUT2D eigenvalue weighted by atomic mass is 16.5. The van der Waals surface area contributed by atoms with Gasteiger partial charge >= 0.3 is 0 Å². The third kappa shape index (κ3) is 4.14. The number of rotatable bonds is 4. The standard InChI is InChI=1S/C20H28N4O3/c25-19(22-17-13-27-14-18(17)23-9-1-2-10-23)15-5-11-24(12-6-15)20(26)16-3-7-21-8-4-16/h3-4,7-8,15,17-18H,1-2,5-6,9-14H2,(H,22,25). The van der Waals surface area contributed by atoms with Crippen molar-refractivity contribution in [2.45, 2.75) is 37.8 Å². The van der Waals surface area contributed by atoms with Gasteiger partial charge in [-0.2, -0.15) is 0 Å². The van der Waals surface area contributed by atoms with Crippen molar-refractivity contribution in [2.24, 2.45) is 5.92 Å². The van der Waals surface area contributed by atoms with Crippen LogP contribution < -0.4 is 5.32 Å². The van der Waals surface area contributed by atoms with Gasteiger partial charge in [0, 0.05) is 37.0 Å². The van der Waals surface area contributed by atoms with Crippen LogP contribution in [0.5, 0.6) is 0 Å². The summed E-state index contributed by atoms with van der Waals surface area (Å²) in [5, 5.41) is 3.23. The van der Waals surface area contributed by atoms with Crippen LogP contribution in [-0.4, -0.2) is 78.1 Å². The minimum atomic E-state index is -0.0219. The lowest BCUT2D eigenvalue weighted by Crippen LogP contribution is -2.52. The molecule has 3 aliphatic heterocycles. The molecule has 7 heteroatoms. The normalized spacial score (nSPS) is 27.0. The average Bonchev–Trinajstić information content (AvgIpc) is 3.40. The van der Waals surface area contributed by atoms with E-state index in [0.717, 1.165) is 13.1 Å². The second-order valence-corrected chi connectivity index (χ2v) is 7.77. The van der Waals surface area contributed by atoms with E-state index in [0.29, 0.717) is 50.8 Å². The molecule has 2 atom stereocenters. The van der Waals surface area contributed by atoms with Crippen LogP contribution in [0, 0.1) is 5.92 Å². The summed E-state index contributed by atoms with van der Waals surface area (Å²) in [5.41, 5.74) is 0.657. The molecule has 146 valence electrons. The number of hydrogen-bond donors (Lipinski definition) is 1. The molecular formula is C20H28N4O3. The van der Waals surface area contributed by atoms with Crippen LogP contribution in [0.3, 0.4) is 0 Å². The van der Waals surface area contributed by atoms with Gasteiger partial charge in [-0.3, -0.25) is 19.5 Å². The van der Waals surface area contributed by atoms with Gasteiger partial charge in [-0.1, -0.05) is 0 Å². The molecule has 1 N–H and O–H groups in total. The van der Waals surface area contributed by atoms with Crippen molar-refractivity contribution in [1.82, 2.24) is 20.1 Å². The zero-order valence-electron chi connectivity index (χ0n) is 15.7. The maximum atomic E-state index is 12.8. The summed E-state index contributed by atoms with van der Waals surface area (Å²) in [4.78, 5) is 33.5. The van der Waals surface area contributed by atoms with E-state index >= 15 is 0 Å². The van der Waals surface area contributed by atoms with E-state index in [2.05, 4.69) is 15.2 Å². The van der Waals surface area contributed by atoms with Crippen molar-refractivity contribution in [3.05, 3.63) is 30.1 Å². The molecule has 0 saturated carbocycles. The largest absolute Gasteiger partial charge is 0.378 e. The van der Waals surface area contributed by atoms with Crippen molar-refractivity contribution in [1.29, 1.82) is 0 Å². The van der Waals surface area contributed by atoms with Crippen molar-refractivity contribution in [3.63, 3.8) is 0 Å².